The molecule has 0 amide bonds. The van der Waals surface area contributed by atoms with Gasteiger partial charge in [-0.15, -0.1) is 0 Å². The maximum absolute atomic E-state index is 5.70. The molecule has 2 aliphatic rings. The lowest BCUT2D eigenvalue weighted by molar-refractivity contribution is -0.0636. The Hall–Kier alpha value is -1.86. The summed E-state index contributed by atoms with van der Waals surface area (Å²) < 4.78 is 22.7. The molecule has 4 heterocycles. The van der Waals surface area contributed by atoms with Gasteiger partial charge in [-0.3, -0.25) is 9.97 Å². The highest BCUT2D eigenvalue weighted by Gasteiger charge is 2.31. The van der Waals surface area contributed by atoms with Gasteiger partial charge in [0, 0.05) is 23.5 Å². The minimum absolute atomic E-state index is 0.409. The lowest BCUT2D eigenvalue weighted by Crippen LogP contribution is -2.11. The molecule has 0 spiro atoms. The molecule has 0 aliphatic carbocycles. The first-order valence-electron chi connectivity index (χ1n) is 7.30. The van der Waals surface area contributed by atoms with Gasteiger partial charge in [0.05, 0.1) is 37.8 Å². The molecule has 4 rings (SSSR count). The molecule has 0 unspecified atom stereocenters. The number of hydrogen-bond donors (Lipinski definition) is 0. The number of hydrogen-bond acceptors (Lipinski definition) is 6. The quantitative estimate of drug-likeness (QED) is 0.866. The predicted molar refractivity (Wildman–Crippen MR) is 76.8 cm³/mol. The Labute approximate surface area is 128 Å². The largest absolute Gasteiger partial charge is 0.346 e. The van der Waals surface area contributed by atoms with Crippen LogP contribution in [-0.2, 0) is 18.9 Å². The maximum Gasteiger partial charge on any atom is 0.186 e. The van der Waals surface area contributed by atoms with E-state index in [4.69, 9.17) is 18.9 Å². The van der Waals surface area contributed by atoms with Crippen molar-refractivity contribution in [1.29, 1.82) is 0 Å². The molecule has 2 aromatic rings. The summed E-state index contributed by atoms with van der Waals surface area (Å²) in [5, 5.41) is 0. The van der Waals surface area contributed by atoms with Crippen LogP contribution in [0.3, 0.4) is 0 Å². The van der Waals surface area contributed by atoms with E-state index in [0.29, 0.717) is 26.4 Å². The van der Waals surface area contributed by atoms with Crippen molar-refractivity contribution in [2.45, 2.75) is 12.6 Å². The highest BCUT2D eigenvalue weighted by atomic mass is 16.7. The van der Waals surface area contributed by atoms with E-state index < -0.39 is 12.6 Å². The van der Waals surface area contributed by atoms with Crippen LogP contribution in [0, 0.1) is 0 Å². The molecule has 0 radical (unpaired) electrons. The molecule has 6 nitrogen and oxygen atoms in total. The second-order valence-electron chi connectivity index (χ2n) is 5.02. The molecule has 2 aliphatic heterocycles. The van der Waals surface area contributed by atoms with E-state index in [9.17, 15) is 0 Å². The van der Waals surface area contributed by atoms with Crippen LogP contribution in [0.2, 0.25) is 0 Å². The smallest absolute Gasteiger partial charge is 0.186 e. The van der Waals surface area contributed by atoms with E-state index in [1.807, 2.05) is 24.3 Å². The number of nitrogens with zero attached hydrogens (tertiary/aromatic N) is 2. The second-order valence-corrected chi connectivity index (χ2v) is 5.02. The zero-order valence-electron chi connectivity index (χ0n) is 12.0. The fourth-order valence-corrected chi connectivity index (χ4v) is 2.71. The van der Waals surface area contributed by atoms with E-state index in [1.54, 1.807) is 12.4 Å². The van der Waals surface area contributed by atoms with Crippen LogP contribution in [0.4, 0.5) is 0 Å². The summed E-state index contributed by atoms with van der Waals surface area (Å²) in [6.07, 6.45) is 2.61. The molecule has 0 N–H and O–H groups in total. The maximum atomic E-state index is 5.70. The average molecular weight is 300 g/mol. The van der Waals surface area contributed by atoms with Crippen LogP contribution in [0.15, 0.2) is 36.7 Å². The van der Waals surface area contributed by atoms with E-state index in [1.165, 1.54) is 0 Å². The Morgan fingerprint density at radius 2 is 1.50 bits per heavy atom. The van der Waals surface area contributed by atoms with Gasteiger partial charge in [0.1, 0.15) is 0 Å². The van der Waals surface area contributed by atoms with Crippen molar-refractivity contribution in [3.63, 3.8) is 0 Å². The molecule has 2 fully saturated rings. The molecule has 114 valence electrons. The average Bonchev–Trinajstić information content (AvgIpc) is 3.28. The van der Waals surface area contributed by atoms with Gasteiger partial charge in [-0.2, -0.15) is 0 Å². The van der Waals surface area contributed by atoms with Crippen LogP contribution in [-0.4, -0.2) is 36.4 Å². The standard InChI is InChI=1S/C16H16N2O4/c1-2-5-17-12(3-1)14-13(16-21-9-10-22-16)11(4-6-18-14)15-19-7-8-20-15/h1-6,15-16H,7-10H2. The molecule has 0 aromatic carbocycles. The fraction of sp³-hybridized carbons (Fsp3) is 0.375. The van der Waals surface area contributed by atoms with Crippen molar-refractivity contribution in [3.05, 3.63) is 47.8 Å². The Morgan fingerprint density at radius 3 is 2.18 bits per heavy atom. The van der Waals surface area contributed by atoms with Crippen molar-refractivity contribution in [1.82, 2.24) is 9.97 Å². The van der Waals surface area contributed by atoms with Gasteiger partial charge in [0.15, 0.2) is 12.6 Å². The zero-order valence-corrected chi connectivity index (χ0v) is 12.0. The van der Waals surface area contributed by atoms with Gasteiger partial charge in [0.2, 0.25) is 0 Å². The van der Waals surface area contributed by atoms with E-state index in [0.717, 1.165) is 22.5 Å². The third kappa shape index (κ3) is 2.50. The Morgan fingerprint density at radius 1 is 0.773 bits per heavy atom. The van der Waals surface area contributed by atoms with Crippen LogP contribution >= 0.6 is 0 Å². The Kier molecular flexibility index (Phi) is 3.82. The van der Waals surface area contributed by atoms with Crippen molar-refractivity contribution in [2.24, 2.45) is 0 Å². The van der Waals surface area contributed by atoms with Crippen LogP contribution in [0.1, 0.15) is 23.7 Å². The monoisotopic (exact) mass is 300 g/mol. The van der Waals surface area contributed by atoms with Gasteiger partial charge in [-0.25, -0.2) is 0 Å². The minimum atomic E-state index is -0.464. The topological polar surface area (TPSA) is 62.7 Å². The first-order valence-corrected chi connectivity index (χ1v) is 7.30. The number of aromatic nitrogens is 2. The zero-order chi connectivity index (χ0) is 14.8. The molecular formula is C16H16N2O4. The molecule has 2 aromatic heterocycles. The first kappa shape index (κ1) is 13.8. The van der Waals surface area contributed by atoms with Gasteiger partial charge in [0.25, 0.3) is 0 Å². The molecule has 6 heteroatoms. The molecule has 2 saturated heterocycles. The number of ether oxygens (including phenoxy) is 4. The van der Waals surface area contributed by atoms with Gasteiger partial charge < -0.3 is 18.9 Å². The third-order valence-electron chi connectivity index (χ3n) is 3.66. The SMILES string of the molecule is c1ccc(-c2nccc(C3OCCO3)c2C2OCCO2)nc1. The summed E-state index contributed by atoms with van der Waals surface area (Å²) >= 11 is 0. The molecule has 0 bridgehead atoms. The highest BCUT2D eigenvalue weighted by Crippen LogP contribution is 2.38. The third-order valence-corrected chi connectivity index (χ3v) is 3.66. The fourth-order valence-electron chi connectivity index (χ4n) is 2.71. The van der Waals surface area contributed by atoms with E-state index in [2.05, 4.69) is 9.97 Å². The lowest BCUT2D eigenvalue weighted by atomic mass is 10.0. The summed E-state index contributed by atoms with van der Waals surface area (Å²) in [5.41, 5.74) is 3.24. The Bertz CT molecular complexity index is 638. The van der Waals surface area contributed by atoms with E-state index in [-0.39, 0.29) is 0 Å². The Balaban J connectivity index is 1.84. The molecular weight excluding hydrogens is 284 g/mol. The predicted octanol–water partition coefficient (Wildman–Crippen LogP) is 2.23. The summed E-state index contributed by atoms with van der Waals surface area (Å²) in [7, 11) is 0. The molecule has 0 atom stereocenters. The first-order chi connectivity index (χ1) is 10.9. The van der Waals surface area contributed by atoms with Crippen LogP contribution < -0.4 is 0 Å². The summed E-state index contributed by atoms with van der Waals surface area (Å²) in [5.74, 6) is 0. The van der Waals surface area contributed by atoms with Crippen molar-refractivity contribution in [3.8, 4) is 11.4 Å². The van der Waals surface area contributed by atoms with Crippen molar-refractivity contribution < 1.29 is 18.9 Å². The minimum Gasteiger partial charge on any atom is -0.346 e. The van der Waals surface area contributed by atoms with E-state index >= 15 is 0 Å². The molecule has 0 saturated carbocycles. The number of pyridine rings is 2. The number of rotatable bonds is 3. The van der Waals surface area contributed by atoms with Crippen LogP contribution in [0.5, 0.6) is 0 Å². The van der Waals surface area contributed by atoms with Crippen molar-refractivity contribution >= 4 is 0 Å². The van der Waals surface area contributed by atoms with Gasteiger partial charge in [-0.05, 0) is 18.2 Å². The summed E-state index contributed by atoms with van der Waals surface area (Å²) in [6, 6.07) is 7.61. The van der Waals surface area contributed by atoms with Gasteiger partial charge >= 0.3 is 0 Å². The summed E-state index contributed by atoms with van der Waals surface area (Å²) in [6.45, 7) is 2.29. The van der Waals surface area contributed by atoms with Gasteiger partial charge in [-0.1, -0.05) is 6.07 Å². The molecule has 22 heavy (non-hydrogen) atoms. The second kappa shape index (κ2) is 6.10. The lowest BCUT2D eigenvalue weighted by Gasteiger charge is -2.20. The van der Waals surface area contributed by atoms with Crippen LogP contribution in [0.25, 0.3) is 11.4 Å². The van der Waals surface area contributed by atoms with Crippen molar-refractivity contribution in [2.75, 3.05) is 26.4 Å². The normalized spacial score (nSPS) is 19.8. The highest BCUT2D eigenvalue weighted by molar-refractivity contribution is 5.61. The summed E-state index contributed by atoms with van der Waals surface area (Å²) in [4.78, 5) is 8.89.